The van der Waals surface area contributed by atoms with Crippen molar-refractivity contribution in [2.75, 3.05) is 0 Å². The molecule has 2 aromatic heterocycles. The van der Waals surface area contributed by atoms with E-state index in [-0.39, 0.29) is 0 Å². The fourth-order valence-electron chi connectivity index (χ4n) is 8.32. The van der Waals surface area contributed by atoms with Crippen molar-refractivity contribution in [3.8, 4) is 44.9 Å². The van der Waals surface area contributed by atoms with Crippen LogP contribution in [0, 0.1) is 0 Å². The van der Waals surface area contributed by atoms with Crippen molar-refractivity contribution in [1.82, 2.24) is 0 Å². The van der Waals surface area contributed by atoms with E-state index in [1.165, 1.54) is 54.2 Å². The molecule has 0 fully saturated rings. The zero-order chi connectivity index (χ0) is 34.2. The minimum absolute atomic E-state index is 0.861. The molecule has 9 aromatic carbocycles. The lowest BCUT2D eigenvalue weighted by Crippen LogP contribution is -1.94. The van der Waals surface area contributed by atoms with Crippen molar-refractivity contribution in [2.24, 2.45) is 0 Å². The molecule has 0 saturated heterocycles. The molecular formula is C50H30O2. The summed E-state index contributed by atoms with van der Waals surface area (Å²) in [4.78, 5) is 0. The molecule has 0 amide bonds. The van der Waals surface area contributed by atoms with Gasteiger partial charge in [-0.1, -0.05) is 146 Å². The van der Waals surface area contributed by atoms with Gasteiger partial charge in [0.1, 0.15) is 22.7 Å². The molecule has 0 N–H and O–H groups in total. The lowest BCUT2D eigenvalue weighted by molar-refractivity contribution is 0.631. The lowest BCUT2D eigenvalue weighted by atomic mass is 9.82. The van der Waals surface area contributed by atoms with Crippen LogP contribution in [0.15, 0.2) is 191 Å². The second-order valence-corrected chi connectivity index (χ2v) is 13.6. The molecule has 2 heteroatoms. The first kappa shape index (κ1) is 28.9. The third-order valence-electron chi connectivity index (χ3n) is 10.7. The zero-order valence-corrected chi connectivity index (χ0v) is 28.1. The van der Waals surface area contributed by atoms with E-state index in [4.69, 9.17) is 8.83 Å². The van der Waals surface area contributed by atoms with Gasteiger partial charge in [-0.3, -0.25) is 0 Å². The molecule has 0 bridgehead atoms. The number of furan rings is 2. The highest BCUT2D eigenvalue weighted by molar-refractivity contribution is 6.26. The number of rotatable bonds is 4. The molecule has 0 aliphatic heterocycles. The maximum absolute atomic E-state index is 6.54. The van der Waals surface area contributed by atoms with E-state index < -0.39 is 0 Å². The normalized spacial score (nSPS) is 11.8. The van der Waals surface area contributed by atoms with Gasteiger partial charge in [-0.25, -0.2) is 0 Å². The molecule has 0 unspecified atom stereocenters. The summed E-state index contributed by atoms with van der Waals surface area (Å²) < 4.78 is 13.1. The van der Waals surface area contributed by atoms with Gasteiger partial charge in [-0.2, -0.15) is 0 Å². The summed E-state index contributed by atoms with van der Waals surface area (Å²) in [5.41, 5.74) is 8.58. The SMILES string of the molecule is c1ccc(-c2c3ccccc3c(-c3ccccc3-c3cc4ccccc4o3)c3cc4c(ccc5ccccc54)cc23)c(-c2cc3ccccc3o2)c1. The number of benzene rings is 9. The Morgan fingerprint density at radius 3 is 1.23 bits per heavy atom. The lowest BCUT2D eigenvalue weighted by Gasteiger charge is -2.21. The van der Waals surface area contributed by atoms with Crippen molar-refractivity contribution < 1.29 is 8.83 Å². The fourth-order valence-corrected chi connectivity index (χ4v) is 8.32. The first-order valence-corrected chi connectivity index (χ1v) is 17.8. The Bertz CT molecular complexity index is 3130. The molecule has 0 saturated carbocycles. The number of hydrogen-bond donors (Lipinski definition) is 0. The first-order valence-electron chi connectivity index (χ1n) is 17.8. The molecule has 0 atom stereocenters. The summed E-state index contributed by atoms with van der Waals surface area (Å²) in [5, 5.41) is 11.9. The maximum Gasteiger partial charge on any atom is 0.136 e. The van der Waals surface area contributed by atoms with E-state index in [2.05, 4.69) is 158 Å². The van der Waals surface area contributed by atoms with Crippen LogP contribution in [0.5, 0.6) is 0 Å². The summed E-state index contributed by atoms with van der Waals surface area (Å²) in [6, 6.07) is 65.1. The molecule has 2 heterocycles. The summed E-state index contributed by atoms with van der Waals surface area (Å²) >= 11 is 0. The van der Waals surface area contributed by atoms with Crippen LogP contribution in [0.3, 0.4) is 0 Å². The van der Waals surface area contributed by atoms with Crippen molar-refractivity contribution >= 4 is 65.0 Å². The van der Waals surface area contributed by atoms with E-state index in [9.17, 15) is 0 Å². The van der Waals surface area contributed by atoms with Crippen LogP contribution in [0.2, 0.25) is 0 Å². The Morgan fingerprint density at radius 1 is 0.250 bits per heavy atom. The number of hydrogen-bond acceptors (Lipinski definition) is 2. The zero-order valence-electron chi connectivity index (χ0n) is 28.1. The predicted octanol–water partition coefficient (Wildman–Crippen LogP) is 14.5. The van der Waals surface area contributed by atoms with Crippen molar-refractivity contribution in [3.05, 3.63) is 182 Å². The average molecular weight is 663 g/mol. The number of para-hydroxylation sites is 2. The van der Waals surface area contributed by atoms with E-state index in [1.54, 1.807) is 0 Å². The van der Waals surface area contributed by atoms with Crippen molar-refractivity contribution in [1.29, 1.82) is 0 Å². The van der Waals surface area contributed by atoms with E-state index in [0.29, 0.717) is 0 Å². The number of fused-ring (bicyclic) bond motifs is 7. The molecule has 0 aliphatic carbocycles. The van der Waals surface area contributed by atoms with E-state index in [1.807, 2.05) is 24.3 Å². The highest BCUT2D eigenvalue weighted by Gasteiger charge is 2.23. The molecule has 11 rings (SSSR count). The topological polar surface area (TPSA) is 26.3 Å². The minimum atomic E-state index is 0.861. The summed E-state index contributed by atoms with van der Waals surface area (Å²) in [5.74, 6) is 1.72. The molecule has 242 valence electrons. The fraction of sp³-hybridized carbons (Fsp3) is 0. The van der Waals surface area contributed by atoms with E-state index in [0.717, 1.165) is 55.7 Å². The highest BCUT2D eigenvalue weighted by atomic mass is 16.3. The molecule has 0 aliphatic rings. The van der Waals surface area contributed by atoms with Gasteiger partial charge in [0.2, 0.25) is 0 Å². The van der Waals surface area contributed by atoms with Crippen LogP contribution in [-0.2, 0) is 0 Å². The van der Waals surface area contributed by atoms with Gasteiger partial charge in [0.15, 0.2) is 0 Å². The minimum Gasteiger partial charge on any atom is -0.456 e. The Balaban J connectivity index is 1.30. The maximum atomic E-state index is 6.54. The second-order valence-electron chi connectivity index (χ2n) is 13.6. The van der Waals surface area contributed by atoms with Gasteiger partial charge in [-0.05, 0) is 102 Å². The standard InChI is InChI=1S/C50H30O2/c1-4-16-35-31(13-1)25-26-32-27-43-44(30-42(32)35)50(39-20-8-6-18-37(39)48-29-34-15-3-12-24-46(34)52-48)41-22-10-9-21-40(41)49(43)38-19-7-5-17-36(38)47-28-33-14-2-11-23-45(33)51-47/h1-30H. The van der Waals surface area contributed by atoms with Gasteiger partial charge in [0.05, 0.1) is 0 Å². The predicted molar refractivity (Wildman–Crippen MR) is 218 cm³/mol. The third-order valence-corrected chi connectivity index (χ3v) is 10.7. The first-order chi connectivity index (χ1) is 25.8. The van der Waals surface area contributed by atoms with Gasteiger partial charge in [0, 0.05) is 21.9 Å². The van der Waals surface area contributed by atoms with Crippen LogP contribution in [0.1, 0.15) is 0 Å². The van der Waals surface area contributed by atoms with Gasteiger partial charge >= 0.3 is 0 Å². The second kappa shape index (κ2) is 11.3. The highest BCUT2D eigenvalue weighted by Crippen LogP contribution is 2.49. The molecule has 11 aromatic rings. The van der Waals surface area contributed by atoms with Crippen molar-refractivity contribution in [2.45, 2.75) is 0 Å². The largest absolute Gasteiger partial charge is 0.456 e. The molecule has 0 radical (unpaired) electrons. The third kappa shape index (κ3) is 4.38. The van der Waals surface area contributed by atoms with Crippen LogP contribution >= 0.6 is 0 Å². The van der Waals surface area contributed by atoms with Crippen molar-refractivity contribution in [3.63, 3.8) is 0 Å². The Morgan fingerprint density at radius 2 is 0.673 bits per heavy atom. The van der Waals surface area contributed by atoms with Gasteiger partial charge in [0.25, 0.3) is 0 Å². The average Bonchev–Trinajstić information content (AvgIpc) is 3.84. The smallest absolute Gasteiger partial charge is 0.136 e. The Kier molecular flexibility index (Phi) is 6.28. The van der Waals surface area contributed by atoms with Crippen LogP contribution in [0.4, 0.5) is 0 Å². The summed E-state index contributed by atoms with van der Waals surface area (Å²) in [6.45, 7) is 0. The molecule has 52 heavy (non-hydrogen) atoms. The van der Waals surface area contributed by atoms with Crippen LogP contribution in [0.25, 0.3) is 110 Å². The van der Waals surface area contributed by atoms with E-state index >= 15 is 0 Å². The Hall–Kier alpha value is -6.90. The molecular weight excluding hydrogens is 633 g/mol. The Labute approximate surface area is 299 Å². The monoisotopic (exact) mass is 662 g/mol. The molecule has 2 nitrogen and oxygen atoms in total. The molecule has 0 spiro atoms. The summed E-state index contributed by atoms with van der Waals surface area (Å²) in [6.07, 6.45) is 0. The van der Waals surface area contributed by atoms with Crippen LogP contribution in [-0.4, -0.2) is 0 Å². The summed E-state index contributed by atoms with van der Waals surface area (Å²) in [7, 11) is 0. The van der Waals surface area contributed by atoms with Gasteiger partial charge in [-0.15, -0.1) is 0 Å². The van der Waals surface area contributed by atoms with Crippen LogP contribution < -0.4 is 0 Å². The van der Waals surface area contributed by atoms with Gasteiger partial charge < -0.3 is 8.83 Å². The quantitative estimate of drug-likeness (QED) is 0.138.